The molecule has 0 saturated heterocycles. The monoisotopic (exact) mass is 442 g/mol. The van der Waals surface area contributed by atoms with Crippen LogP contribution in [0.25, 0.3) is 0 Å². The molecule has 0 spiro atoms. The summed E-state index contributed by atoms with van der Waals surface area (Å²) in [6.45, 7) is 0. The Morgan fingerprint density at radius 3 is 2.37 bits per heavy atom. The van der Waals surface area contributed by atoms with Crippen molar-refractivity contribution >= 4 is 45.3 Å². The van der Waals surface area contributed by atoms with Crippen LogP contribution in [-0.4, -0.2) is 32.4 Å². The summed E-state index contributed by atoms with van der Waals surface area (Å²) in [4.78, 5) is 13.3. The van der Waals surface area contributed by atoms with E-state index in [9.17, 15) is 4.79 Å². The summed E-state index contributed by atoms with van der Waals surface area (Å²) in [5.41, 5.74) is 2.34. The van der Waals surface area contributed by atoms with Crippen molar-refractivity contribution in [2.75, 3.05) is 32.0 Å². The molecule has 0 amide bonds. The Balaban J connectivity index is 1.77. The number of thiophene rings is 1. The lowest BCUT2D eigenvalue weighted by molar-refractivity contribution is 0.0602. The summed E-state index contributed by atoms with van der Waals surface area (Å²) < 4.78 is 15.5. The number of carbonyl (C=O) groups is 1. The predicted molar refractivity (Wildman–Crippen MR) is 124 cm³/mol. The van der Waals surface area contributed by atoms with Crippen LogP contribution in [0.3, 0.4) is 0 Å². The van der Waals surface area contributed by atoms with Gasteiger partial charge in [0, 0.05) is 23.1 Å². The van der Waals surface area contributed by atoms with Gasteiger partial charge in [-0.1, -0.05) is 30.3 Å². The summed E-state index contributed by atoms with van der Waals surface area (Å²) in [5.74, 6) is 0.794. The van der Waals surface area contributed by atoms with Crippen molar-refractivity contribution in [3.8, 4) is 11.5 Å². The van der Waals surface area contributed by atoms with E-state index in [-0.39, 0.29) is 0 Å². The molecule has 3 rings (SSSR count). The lowest BCUT2D eigenvalue weighted by atomic mass is 10.1. The minimum atomic E-state index is -0.415. The van der Waals surface area contributed by atoms with Crippen LogP contribution in [0.5, 0.6) is 11.5 Å². The zero-order valence-corrected chi connectivity index (χ0v) is 18.5. The van der Waals surface area contributed by atoms with Gasteiger partial charge in [-0.25, -0.2) is 4.79 Å². The number of nitrogens with one attached hydrogen (secondary N) is 2. The molecular formula is C22H22N2O4S2. The minimum Gasteiger partial charge on any atom is -0.493 e. The molecule has 3 aromatic rings. The van der Waals surface area contributed by atoms with Crippen molar-refractivity contribution in [1.82, 2.24) is 0 Å². The second kappa shape index (κ2) is 10.1. The molecule has 6 nitrogen and oxygen atoms in total. The van der Waals surface area contributed by atoms with E-state index in [2.05, 4.69) is 10.6 Å². The molecule has 156 valence electrons. The van der Waals surface area contributed by atoms with Crippen LogP contribution in [0.1, 0.15) is 20.8 Å². The second-order valence-corrected chi connectivity index (χ2v) is 7.80. The van der Waals surface area contributed by atoms with Crippen molar-refractivity contribution in [1.29, 1.82) is 0 Å². The van der Waals surface area contributed by atoms with Gasteiger partial charge in [0.2, 0.25) is 0 Å². The number of rotatable bonds is 7. The average molecular weight is 443 g/mol. The number of ether oxygens (including phenoxy) is 3. The lowest BCUT2D eigenvalue weighted by Crippen LogP contribution is -2.20. The van der Waals surface area contributed by atoms with Gasteiger partial charge >= 0.3 is 5.97 Å². The number of anilines is 2. The highest BCUT2D eigenvalue weighted by atomic mass is 32.1. The average Bonchev–Trinajstić information content (AvgIpc) is 3.15. The molecule has 1 heterocycles. The smallest absolute Gasteiger partial charge is 0.340 e. The van der Waals surface area contributed by atoms with Gasteiger partial charge in [0.25, 0.3) is 0 Å². The van der Waals surface area contributed by atoms with E-state index in [1.807, 2.05) is 42.5 Å². The third-order valence-electron chi connectivity index (χ3n) is 4.28. The van der Waals surface area contributed by atoms with Gasteiger partial charge in [-0.15, -0.1) is 11.3 Å². The van der Waals surface area contributed by atoms with Crippen LogP contribution in [0, 0.1) is 0 Å². The molecule has 0 aliphatic carbocycles. The first-order valence-electron chi connectivity index (χ1n) is 9.09. The zero-order chi connectivity index (χ0) is 21.5. The topological polar surface area (TPSA) is 68.8 Å². The van der Waals surface area contributed by atoms with E-state index in [1.165, 1.54) is 18.4 Å². The van der Waals surface area contributed by atoms with Crippen molar-refractivity contribution in [3.05, 3.63) is 70.6 Å². The molecule has 0 unspecified atom stereocenters. The fraction of sp³-hybridized carbons (Fsp3) is 0.182. The molecule has 0 atom stereocenters. The summed E-state index contributed by atoms with van der Waals surface area (Å²) in [6, 6.07) is 17.3. The first-order chi connectivity index (χ1) is 14.5. The van der Waals surface area contributed by atoms with Gasteiger partial charge in [0.1, 0.15) is 5.00 Å². The summed E-state index contributed by atoms with van der Waals surface area (Å²) >= 11 is 6.91. The van der Waals surface area contributed by atoms with Crippen LogP contribution in [0.2, 0.25) is 0 Å². The molecule has 0 aliphatic heterocycles. The molecule has 0 saturated carbocycles. The molecule has 8 heteroatoms. The Labute approximate surface area is 184 Å². The maximum atomic E-state index is 12.2. The van der Waals surface area contributed by atoms with Crippen LogP contribution >= 0.6 is 23.6 Å². The number of methoxy groups -OCH3 is 3. The van der Waals surface area contributed by atoms with E-state index in [4.69, 9.17) is 26.4 Å². The number of benzene rings is 2. The van der Waals surface area contributed by atoms with Gasteiger partial charge in [0.15, 0.2) is 16.6 Å². The van der Waals surface area contributed by atoms with Gasteiger partial charge in [-0.3, -0.25) is 0 Å². The van der Waals surface area contributed by atoms with Crippen LogP contribution in [0.15, 0.2) is 54.6 Å². The number of esters is 1. The third kappa shape index (κ3) is 5.28. The van der Waals surface area contributed by atoms with E-state index in [1.54, 1.807) is 26.4 Å². The molecule has 30 heavy (non-hydrogen) atoms. The Bertz CT molecular complexity index is 1030. The van der Waals surface area contributed by atoms with Gasteiger partial charge in [0.05, 0.1) is 26.9 Å². The largest absolute Gasteiger partial charge is 0.493 e. The van der Waals surface area contributed by atoms with Crippen molar-refractivity contribution in [2.45, 2.75) is 6.42 Å². The maximum absolute atomic E-state index is 12.2. The standard InChI is InChI=1S/C22H22N2O4S2/c1-26-18-10-9-15(12-19(18)27-2)23-22(29)24-20-17(21(25)28-3)13-16(30-20)11-14-7-5-4-6-8-14/h4-10,12-13H,11H2,1-3H3,(H2,23,24,29). The molecule has 0 radical (unpaired) electrons. The van der Waals surface area contributed by atoms with Crippen LogP contribution in [0.4, 0.5) is 10.7 Å². The highest BCUT2D eigenvalue weighted by molar-refractivity contribution is 7.80. The molecular weight excluding hydrogens is 420 g/mol. The Morgan fingerprint density at radius 2 is 1.70 bits per heavy atom. The van der Waals surface area contributed by atoms with Crippen molar-refractivity contribution < 1.29 is 19.0 Å². The quantitative estimate of drug-likeness (QED) is 0.396. The molecule has 0 aliphatic rings. The van der Waals surface area contributed by atoms with Crippen molar-refractivity contribution in [3.63, 3.8) is 0 Å². The highest BCUT2D eigenvalue weighted by Gasteiger charge is 2.18. The van der Waals surface area contributed by atoms with E-state index in [0.29, 0.717) is 33.6 Å². The number of hydrogen-bond donors (Lipinski definition) is 2. The Kier molecular flexibility index (Phi) is 7.26. The molecule has 0 bridgehead atoms. The first-order valence-corrected chi connectivity index (χ1v) is 10.3. The SMILES string of the molecule is COC(=O)c1cc(Cc2ccccc2)sc1NC(=S)Nc1ccc(OC)c(OC)c1. The summed E-state index contributed by atoms with van der Waals surface area (Å²) in [7, 11) is 4.51. The van der Waals surface area contributed by atoms with E-state index >= 15 is 0 Å². The Morgan fingerprint density at radius 1 is 0.967 bits per heavy atom. The zero-order valence-electron chi connectivity index (χ0n) is 16.9. The normalized spacial score (nSPS) is 10.2. The Hall–Kier alpha value is -3.10. The first kappa shape index (κ1) is 21.6. The van der Waals surface area contributed by atoms with Gasteiger partial charge < -0.3 is 24.8 Å². The van der Waals surface area contributed by atoms with Crippen LogP contribution < -0.4 is 20.1 Å². The summed E-state index contributed by atoms with van der Waals surface area (Å²) in [5, 5.41) is 7.19. The fourth-order valence-corrected chi connectivity index (χ4v) is 4.23. The minimum absolute atomic E-state index is 0.348. The fourth-order valence-electron chi connectivity index (χ4n) is 2.86. The number of carbonyl (C=O) groups excluding carboxylic acids is 1. The number of thiocarbonyl (C=S) groups is 1. The van der Waals surface area contributed by atoms with Gasteiger partial charge in [-0.2, -0.15) is 0 Å². The predicted octanol–water partition coefficient (Wildman–Crippen LogP) is 4.95. The molecule has 1 aromatic heterocycles. The number of hydrogen-bond acceptors (Lipinski definition) is 6. The lowest BCUT2D eigenvalue weighted by Gasteiger charge is -2.13. The van der Waals surface area contributed by atoms with Gasteiger partial charge in [-0.05, 0) is 36.0 Å². The highest BCUT2D eigenvalue weighted by Crippen LogP contribution is 2.32. The molecule has 2 N–H and O–H groups in total. The maximum Gasteiger partial charge on any atom is 0.340 e. The van der Waals surface area contributed by atoms with E-state index < -0.39 is 5.97 Å². The second-order valence-electron chi connectivity index (χ2n) is 6.26. The van der Waals surface area contributed by atoms with E-state index in [0.717, 1.165) is 16.1 Å². The summed E-state index contributed by atoms with van der Waals surface area (Å²) in [6.07, 6.45) is 0.715. The van der Waals surface area contributed by atoms with Crippen LogP contribution in [-0.2, 0) is 11.2 Å². The van der Waals surface area contributed by atoms with Crippen molar-refractivity contribution in [2.24, 2.45) is 0 Å². The molecule has 2 aromatic carbocycles. The molecule has 0 fully saturated rings. The third-order valence-corrected chi connectivity index (χ3v) is 5.53.